The molecule has 0 atom stereocenters. The third kappa shape index (κ3) is 3.48. The lowest BCUT2D eigenvalue weighted by Gasteiger charge is -2.14. The topological polar surface area (TPSA) is 61.8 Å². The first kappa shape index (κ1) is 19.1. The number of fused-ring (bicyclic) bond motifs is 1. The minimum absolute atomic E-state index is 0.187. The Morgan fingerprint density at radius 2 is 1.70 bits per heavy atom. The van der Waals surface area contributed by atoms with Gasteiger partial charge in [-0.25, -0.2) is 14.3 Å². The van der Waals surface area contributed by atoms with Crippen molar-refractivity contribution < 1.29 is 0 Å². The molecule has 0 bridgehead atoms. The second-order valence-corrected chi connectivity index (χ2v) is 7.78. The average molecular weight is 368 g/mol. The molecule has 0 aliphatic heterocycles. The number of imidazole rings is 1. The van der Waals surface area contributed by atoms with Gasteiger partial charge in [-0.3, -0.25) is 9.36 Å². The van der Waals surface area contributed by atoms with E-state index in [-0.39, 0.29) is 17.2 Å². The molecule has 0 aliphatic rings. The predicted octanol–water partition coefficient (Wildman–Crippen LogP) is 3.54. The first-order chi connectivity index (χ1) is 12.8. The van der Waals surface area contributed by atoms with Gasteiger partial charge in [0.25, 0.3) is 5.56 Å². The number of rotatable bonds is 6. The molecule has 0 fully saturated rings. The number of aryl methyl sites for hydroxylation is 1. The van der Waals surface area contributed by atoms with Crippen LogP contribution in [0.4, 0.5) is 0 Å². The van der Waals surface area contributed by atoms with Crippen LogP contribution in [-0.2, 0) is 13.1 Å². The third-order valence-corrected chi connectivity index (χ3v) is 4.73. The van der Waals surface area contributed by atoms with E-state index < -0.39 is 0 Å². The molecular formula is C21H28N4O2. The smallest absolute Gasteiger partial charge is 0.325 e. The molecule has 0 amide bonds. The second-order valence-electron chi connectivity index (χ2n) is 7.78. The molecule has 0 saturated heterocycles. The van der Waals surface area contributed by atoms with Crippen LogP contribution in [0.5, 0.6) is 0 Å². The highest BCUT2D eigenvalue weighted by Crippen LogP contribution is 2.18. The van der Waals surface area contributed by atoms with Gasteiger partial charge in [-0.2, -0.15) is 0 Å². The monoisotopic (exact) mass is 368 g/mol. The molecule has 6 heteroatoms. The van der Waals surface area contributed by atoms with E-state index in [0.717, 1.165) is 12.1 Å². The van der Waals surface area contributed by atoms with Crippen molar-refractivity contribution in [1.82, 2.24) is 18.7 Å². The van der Waals surface area contributed by atoms with E-state index in [4.69, 9.17) is 0 Å². The predicted molar refractivity (Wildman–Crippen MR) is 109 cm³/mol. The van der Waals surface area contributed by atoms with Crippen LogP contribution in [0.2, 0.25) is 0 Å². The number of nitrogens with zero attached hydrogens (tertiary/aromatic N) is 4. The Labute approximate surface area is 159 Å². The highest BCUT2D eigenvalue weighted by atomic mass is 16.2. The van der Waals surface area contributed by atoms with Crippen LogP contribution in [0.3, 0.4) is 0 Å². The average Bonchev–Trinajstić information content (AvgIpc) is 3.03. The fourth-order valence-corrected chi connectivity index (χ4v) is 3.36. The largest absolute Gasteiger partial charge is 0.337 e. The zero-order valence-corrected chi connectivity index (χ0v) is 16.8. The lowest BCUT2D eigenvalue weighted by Crippen LogP contribution is -2.41. The minimum Gasteiger partial charge on any atom is -0.325 e. The van der Waals surface area contributed by atoms with Gasteiger partial charge in [-0.15, -0.1) is 0 Å². The maximum absolute atomic E-state index is 13.2. The van der Waals surface area contributed by atoms with Crippen molar-refractivity contribution in [3.8, 4) is 5.69 Å². The van der Waals surface area contributed by atoms with Crippen molar-refractivity contribution in [2.24, 2.45) is 5.92 Å². The molecule has 0 spiro atoms. The Morgan fingerprint density at radius 1 is 1.04 bits per heavy atom. The SMILES string of the molecule is CCCn1cnc2c1c(=O)n(CC(C)C)c(=O)n2-c1ccc(C(C)C)cc1. The first-order valence-electron chi connectivity index (χ1n) is 9.66. The normalized spacial score (nSPS) is 11.8. The van der Waals surface area contributed by atoms with Crippen LogP contribution >= 0.6 is 0 Å². The number of hydrogen-bond donors (Lipinski definition) is 0. The summed E-state index contributed by atoms with van der Waals surface area (Å²) in [6, 6.07) is 7.91. The highest BCUT2D eigenvalue weighted by Gasteiger charge is 2.19. The summed E-state index contributed by atoms with van der Waals surface area (Å²) >= 11 is 0. The van der Waals surface area contributed by atoms with E-state index in [9.17, 15) is 9.59 Å². The lowest BCUT2D eigenvalue weighted by molar-refractivity contribution is 0.488. The summed E-state index contributed by atoms with van der Waals surface area (Å²) < 4.78 is 4.76. The molecule has 0 N–H and O–H groups in total. The summed E-state index contributed by atoms with van der Waals surface area (Å²) in [6.45, 7) is 11.4. The first-order valence-corrected chi connectivity index (χ1v) is 9.66. The van der Waals surface area contributed by atoms with Gasteiger partial charge in [-0.1, -0.05) is 46.8 Å². The van der Waals surface area contributed by atoms with Crippen LogP contribution in [-0.4, -0.2) is 18.7 Å². The van der Waals surface area contributed by atoms with Crippen molar-refractivity contribution in [3.63, 3.8) is 0 Å². The summed E-state index contributed by atoms with van der Waals surface area (Å²) in [5.41, 5.74) is 2.26. The molecule has 0 unspecified atom stereocenters. The van der Waals surface area contributed by atoms with Gasteiger partial charge in [-0.05, 0) is 36.0 Å². The maximum Gasteiger partial charge on any atom is 0.337 e. The zero-order valence-electron chi connectivity index (χ0n) is 16.8. The van der Waals surface area contributed by atoms with Gasteiger partial charge in [0.1, 0.15) is 0 Å². The number of benzene rings is 1. The fourth-order valence-electron chi connectivity index (χ4n) is 3.36. The van der Waals surface area contributed by atoms with Crippen molar-refractivity contribution in [2.75, 3.05) is 0 Å². The quantitative estimate of drug-likeness (QED) is 0.669. The second kappa shape index (κ2) is 7.55. The molecule has 2 heterocycles. The maximum atomic E-state index is 13.2. The summed E-state index contributed by atoms with van der Waals surface area (Å²) in [4.78, 5) is 30.7. The van der Waals surface area contributed by atoms with Gasteiger partial charge in [0, 0.05) is 13.1 Å². The molecule has 3 aromatic rings. The van der Waals surface area contributed by atoms with E-state index in [1.165, 1.54) is 10.1 Å². The summed E-state index contributed by atoms with van der Waals surface area (Å²) in [7, 11) is 0. The summed E-state index contributed by atoms with van der Waals surface area (Å²) in [6.07, 6.45) is 2.55. The molecule has 0 saturated carbocycles. The molecular weight excluding hydrogens is 340 g/mol. The van der Waals surface area contributed by atoms with E-state index in [0.29, 0.717) is 30.2 Å². The van der Waals surface area contributed by atoms with Crippen molar-refractivity contribution >= 4 is 11.2 Å². The summed E-state index contributed by atoms with van der Waals surface area (Å²) in [5, 5.41) is 0. The van der Waals surface area contributed by atoms with E-state index in [1.54, 1.807) is 10.9 Å². The number of hydrogen-bond acceptors (Lipinski definition) is 3. The van der Waals surface area contributed by atoms with Gasteiger partial charge in [0.05, 0.1) is 12.0 Å². The van der Waals surface area contributed by atoms with Gasteiger partial charge in [0.2, 0.25) is 0 Å². The Hall–Kier alpha value is -2.63. The van der Waals surface area contributed by atoms with E-state index in [2.05, 4.69) is 25.8 Å². The van der Waals surface area contributed by atoms with Crippen LogP contribution in [0.1, 0.15) is 52.5 Å². The van der Waals surface area contributed by atoms with Crippen molar-refractivity contribution in [1.29, 1.82) is 0 Å². The van der Waals surface area contributed by atoms with Crippen molar-refractivity contribution in [2.45, 2.75) is 60.0 Å². The molecule has 1 aromatic carbocycles. The molecule has 3 rings (SSSR count). The Morgan fingerprint density at radius 3 is 2.26 bits per heavy atom. The van der Waals surface area contributed by atoms with E-state index in [1.807, 2.05) is 42.7 Å². The highest BCUT2D eigenvalue weighted by molar-refractivity contribution is 5.72. The molecule has 0 aliphatic carbocycles. The van der Waals surface area contributed by atoms with Crippen LogP contribution < -0.4 is 11.2 Å². The molecule has 0 radical (unpaired) electrons. The van der Waals surface area contributed by atoms with E-state index >= 15 is 0 Å². The number of aromatic nitrogens is 4. The van der Waals surface area contributed by atoms with Crippen LogP contribution in [0.25, 0.3) is 16.9 Å². The zero-order chi connectivity index (χ0) is 19.7. The molecule has 144 valence electrons. The lowest BCUT2D eigenvalue weighted by atomic mass is 10.0. The Kier molecular flexibility index (Phi) is 5.35. The molecule has 27 heavy (non-hydrogen) atoms. The van der Waals surface area contributed by atoms with Gasteiger partial charge >= 0.3 is 5.69 Å². The van der Waals surface area contributed by atoms with Crippen LogP contribution in [0, 0.1) is 5.92 Å². The standard InChI is InChI=1S/C21H28N4O2/c1-6-11-23-13-22-19-18(23)20(26)24(12-14(2)3)21(27)25(19)17-9-7-16(8-10-17)15(4)5/h7-10,13-15H,6,11-12H2,1-5H3. The third-order valence-electron chi connectivity index (χ3n) is 4.73. The fraction of sp³-hybridized carbons (Fsp3) is 0.476. The molecule has 2 aromatic heterocycles. The van der Waals surface area contributed by atoms with Gasteiger partial charge in [0.15, 0.2) is 11.2 Å². The van der Waals surface area contributed by atoms with Crippen molar-refractivity contribution in [3.05, 3.63) is 57.0 Å². The van der Waals surface area contributed by atoms with Crippen LogP contribution in [0.15, 0.2) is 40.2 Å². The Balaban J connectivity index is 2.33. The molecule has 6 nitrogen and oxygen atoms in total. The summed E-state index contributed by atoms with van der Waals surface area (Å²) in [5.74, 6) is 0.599. The Bertz CT molecular complexity index is 1050. The minimum atomic E-state index is -0.333. The van der Waals surface area contributed by atoms with Gasteiger partial charge < -0.3 is 4.57 Å².